The van der Waals surface area contributed by atoms with Crippen LogP contribution in [0.25, 0.3) is 28.2 Å². The van der Waals surface area contributed by atoms with Crippen LogP contribution in [0.5, 0.6) is 0 Å². The van der Waals surface area contributed by atoms with Crippen molar-refractivity contribution in [1.82, 2.24) is 0 Å². The Labute approximate surface area is 353 Å². The fraction of sp³-hybridized carbons (Fsp3) is 0.190. The Balaban J connectivity index is 0.000000396. The van der Waals surface area contributed by atoms with Gasteiger partial charge in [-0.05, 0) is 40.7 Å². The molecular formula is C42H38F9N3Sr. The maximum Gasteiger partial charge on any atom is 2.00 e. The summed E-state index contributed by atoms with van der Waals surface area (Å²) >= 11 is 0. The molecule has 3 heterocycles. The van der Waals surface area contributed by atoms with E-state index in [-0.39, 0.29) is 52.9 Å². The van der Waals surface area contributed by atoms with E-state index in [9.17, 15) is 39.5 Å². The molecule has 286 valence electrons. The van der Waals surface area contributed by atoms with Crippen LogP contribution in [-0.2, 0) is 32.6 Å². The maximum atomic E-state index is 12.4. The third-order valence-corrected chi connectivity index (χ3v) is 7.22. The number of allylic oxidation sites excluding steroid dienone is 3. The molecule has 5 aromatic rings. The Morgan fingerprint density at radius 2 is 0.945 bits per heavy atom. The van der Waals surface area contributed by atoms with Gasteiger partial charge in [0, 0.05) is 18.6 Å². The normalized spacial score (nSPS) is 12.1. The van der Waals surface area contributed by atoms with Crippen molar-refractivity contribution in [3.05, 3.63) is 169 Å². The Bertz CT molecular complexity index is 1880. The summed E-state index contributed by atoms with van der Waals surface area (Å²) in [6.45, 7) is 4.00. The van der Waals surface area contributed by atoms with Gasteiger partial charge in [-0.1, -0.05) is 55.3 Å². The van der Waals surface area contributed by atoms with Crippen molar-refractivity contribution in [1.29, 1.82) is 0 Å². The number of hydrogen-bond donors (Lipinski definition) is 0. The zero-order valence-electron chi connectivity index (χ0n) is 30.8. The van der Waals surface area contributed by atoms with Gasteiger partial charge >= 0.3 is 64.0 Å². The quantitative estimate of drug-likeness (QED) is 0.0747. The molecule has 0 N–H and O–H groups in total. The fourth-order valence-corrected chi connectivity index (χ4v) is 4.54. The summed E-state index contributed by atoms with van der Waals surface area (Å²) in [5.74, 6) is 0. The molecule has 1 aliphatic rings. The van der Waals surface area contributed by atoms with E-state index in [4.69, 9.17) is 0 Å². The number of hydrogen-bond acceptors (Lipinski definition) is 1. The van der Waals surface area contributed by atoms with Crippen molar-refractivity contribution in [2.75, 3.05) is 0 Å². The van der Waals surface area contributed by atoms with Crippen LogP contribution in [0.3, 0.4) is 0 Å². The Morgan fingerprint density at radius 3 is 1.27 bits per heavy atom. The molecular weight excluding hydrogens is 805 g/mol. The molecule has 0 amide bonds. The van der Waals surface area contributed by atoms with E-state index in [1.807, 2.05) is 98.0 Å². The average Bonchev–Trinajstić information content (AvgIpc) is 3.43. The first kappa shape index (κ1) is 49.0. The second kappa shape index (κ2) is 22.5. The summed E-state index contributed by atoms with van der Waals surface area (Å²) in [5, 5.41) is 0. The van der Waals surface area contributed by atoms with Crippen LogP contribution in [0.2, 0.25) is 0 Å². The molecule has 55 heavy (non-hydrogen) atoms. The van der Waals surface area contributed by atoms with E-state index in [0.29, 0.717) is 22.4 Å². The van der Waals surface area contributed by atoms with E-state index in [1.54, 1.807) is 12.3 Å². The molecule has 0 bridgehead atoms. The van der Waals surface area contributed by atoms with E-state index < -0.39 is 35.2 Å². The summed E-state index contributed by atoms with van der Waals surface area (Å²) in [7, 11) is 3.67. The number of alkyl halides is 9. The predicted molar refractivity (Wildman–Crippen MR) is 198 cm³/mol. The Morgan fingerprint density at radius 1 is 0.564 bits per heavy atom. The molecule has 0 aliphatic carbocycles. The van der Waals surface area contributed by atoms with Gasteiger partial charge in [0.15, 0.2) is 12.4 Å². The zero-order chi connectivity index (χ0) is 39.2. The average molecular weight is 843 g/mol. The number of halogens is 9. The monoisotopic (exact) mass is 843 g/mol. The standard InChI is InChI=1S/2C13H10F3N.C13H9F3N.C2H6.CH3.Sr/c2*1-17-9-3-2-4-12(17)10-5-7-11(8-6-10)13(14,15)16;14-13(15,16)11-7-5-10(6-8-11)12-4-2-1-3-9-17-12;1-2;;/h2*2-5,7-9H,1H3;1-2,4-5,7-9H,3H2;1-2H3;1H3;/q;;-1;;-1;+2. The molecule has 6 rings (SSSR count). The van der Waals surface area contributed by atoms with Crippen molar-refractivity contribution in [3.8, 4) is 22.5 Å². The SMILES string of the molecule is CC.C[n+]1ccccc1-c1[c-]cc(C(F)(F)F)cc1.C[n+]1ccccc1-c1[c-]cc(C(F)(F)F)cc1.FC(F)(F)c1c[c-]c(C2=CC=CCC=N2)cc1.[CH3-].[Sr+2]. The summed E-state index contributed by atoms with van der Waals surface area (Å²) in [6, 6.07) is 29.3. The van der Waals surface area contributed by atoms with Crippen LogP contribution in [0, 0.1) is 25.6 Å². The zero-order valence-corrected chi connectivity index (χ0v) is 34.3. The van der Waals surface area contributed by atoms with Gasteiger partial charge in [0.25, 0.3) is 0 Å². The van der Waals surface area contributed by atoms with Crippen molar-refractivity contribution in [2.24, 2.45) is 19.1 Å². The summed E-state index contributed by atoms with van der Waals surface area (Å²) in [5.41, 5.74) is 2.03. The van der Waals surface area contributed by atoms with Crippen LogP contribution in [0.15, 0.2) is 127 Å². The van der Waals surface area contributed by atoms with Gasteiger partial charge in [-0.25, -0.2) is 9.13 Å². The smallest absolute Gasteiger partial charge is 0.358 e. The third kappa shape index (κ3) is 15.2. The van der Waals surface area contributed by atoms with Crippen molar-refractivity contribution >= 4 is 57.4 Å². The van der Waals surface area contributed by atoms with Gasteiger partial charge < -0.3 is 12.4 Å². The number of nitrogens with zero attached hydrogens (tertiary/aromatic N) is 3. The minimum absolute atomic E-state index is 0. The van der Waals surface area contributed by atoms with Crippen LogP contribution in [0.4, 0.5) is 39.5 Å². The Kier molecular flexibility index (Phi) is 20.0. The number of aryl methyl sites for hydroxylation is 2. The minimum Gasteiger partial charge on any atom is -0.358 e. The summed E-state index contributed by atoms with van der Waals surface area (Å²) < 4.78 is 115. The molecule has 0 fully saturated rings. The second-order valence-corrected chi connectivity index (χ2v) is 10.9. The molecule has 13 heteroatoms. The summed E-state index contributed by atoms with van der Waals surface area (Å²) in [6.07, 6.45) is -1.35. The molecule has 0 spiro atoms. The van der Waals surface area contributed by atoms with Crippen molar-refractivity contribution in [2.45, 2.75) is 38.8 Å². The molecule has 0 atom stereocenters. The molecule has 0 radical (unpaired) electrons. The number of rotatable bonds is 3. The molecule has 3 nitrogen and oxygen atoms in total. The van der Waals surface area contributed by atoms with Gasteiger partial charge in [-0.3, -0.25) is 0 Å². The number of pyridine rings is 2. The van der Waals surface area contributed by atoms with Gasteiger partial charge in [0.05, 0.1) is 0 Å². The first-order valence-electron chi connectivity index (χ1n) is 16.1. The van der Waals surface area contributed by atoms with Gasteiger partial charge in [-0.2, -0.15) is 39.5 Å². The van der Waals surface area contributed by atoms with Gasteiger partial charge in [0.2, 0.25) is 0 Å². The number of aliphatic imine (C=N–C) groups is 1. The molecule has 0 unspecified atom stereocenters. The largest absolute Gasteiger partial charge is 2.00 e. The van der Waals surface area contributed by atoms with E-state index in [2.05, 4.69) is 23.2 Å². The van der Waals surface area contributed by atoms with Gasteiger partial charge in [0.1, 0.15) is 25.5 Å². The van der Waals surface area contributed by atoms with Gasteiger partial charge in [-0.15, -0.1) is 78.4 Å². The number of benzene rings is 3. The first-order valence-corrected chi connectivity index (χ1v) is 16.1. The summed E-state index contributed by atoms with van der Waals surface area (Å²) in [4.78, 5) is 4.15. The first-order chi connectivity index (χ1) is 25.0. The Hall–Kier alpha value is -4.04. The molecule has 0 saturated carbocycles. The van der Waals surface area contributed by atoms with Crippen molar-refractivity contribution < 1.29 is 48.6 Å². The van der Waals surface area contributed by atoms with E-state index in [0.717, 1.165) is 54.2 Å². The topological polar surface area (TPSA) is 20.1 Å². The minimum atomic E-state index is -4.32. The van der Waals surface area contributed by atoms with E-state index >= 15 is 0 Å². The van der Waals surface area contributed by atoms with Crippen LogP contribution < -0.4 is 9.13 Å². The third-order valence-electron chi connectivity index (χ3n) is 7.22. The molecule has 0 saturated heterocycles. The maximum absolute atomic E-state index is 12.4. The van der Waals surface area contributed by atoms with E-state index in [1.165, 1.54) is 18.2 Å². The van der Waals surface area contributed by atoms with Crippen LogP contribution >= 0.6 is 0 Å². The fourth-order valence-electron chi connectivity index (χ4n) is 4.54. The van der Waals surface area contributed by atoms with Crippen molar-refractivity contribution in [3.63, 3.8) is 0 Å². The predicted octanol–water partition coefficient (Wildman–Crippen LogP) is 11.0. The second-order valence-electron chi connectivity index (χ2n) is 10.9. The number of aromatic nitrogens is 2. The van der Waals surface area contributed by atoms with Crippen LogP contribution in [0.1, 0.15) is 42.5 Å². The molecule has 3 aromatic carbocycles. The molecule has 1 aliphatic heterocycles. The molecule has 2 aromatic heterocycles. The van der Waals surface area contributed by atoms with Crippen LogP contribution in [-0.4, -0.2) is 51.7 Å².